The van der Waals surface area contributed by atoms with Crippen molar-refractivity contribution >= 4 is 35.2 Å². The topological polar surface area (TPSA) is 29.1 Å². The summed E-state index contributed by atoms with van der Waals surface area (Å²) in [7, 11) is 0. The summed E-state index contributed by atoms with van der Waals surface area (Å²) in [4.78, 5) is 10.6. The molecule has 0 fully saturated rings. The van der Waals surface area contributed by atoms with E-state index in [1.54, 1.807) is 6.08 Å². The Morgan fingerprint density at radius 2 is 1.84 bits per heavy atom. The van der Waals surface area contributed by atoms with Crippen LogP contribution in [0.4, 0.5) is 13.2 Å². The van der Waals surface area contributed by atoms with Crippen LogP contribution in [0.3, 0.4) is 0 Å². The third-order valence-electron chi connectivity index (χ3n) is 2.16. The van der Waals surface area contributed by atoms with Crippen molar-refractivity contribution in [3.63, 3.8) is 0 Å². The number of benzene rings is 1. The van der Waals surface area contributed by atoms with E-state index in [-0.39, 0.29) is 28.1 Å². The van der Waals surface area contributed by atoms with Gasteiger partial charge in [-0.05, 0) is 12.1 Å². The Morgan fingerprint density at radius 3 is 2.26 bits per heavy atom. The lowest BCUT2D eigenvalue weighted by Gasteiger charge is -2.10. The van der Waals surface area contributed by atoms with E-state index < -0.39 is 11.7 Å². The monoisotopic (exact) mass is 311 g/mol. The maximum absolute atomic E-state index is 12.5. The lowest BCUT2D eigenvalue weighted by Crippen LogP contribution is -2.19. The van der Waals surface area contributed by atoms with Gasteiger partial charge in [0.1, 0.15) is 0 Å². The fourth-order valence-corrected chi connectivity index (χ4v) is 1.90. The number of carbonyl (C=O) groups excluding carboxylic acids is 1. The number of hydrogen-bond donors (Lipinski definition) is 1. The number of hydrogen-bond acceptors (Lipinski definition) is 1. The number of nitrogens with one attached hydrogen (secondary N) is 1. The second kappa shape index (κ2) is 6.30. The van der Waals surface area contributed by atoms with Crippen LogP contribution in [0.1, 0.15) is 18.1 Å². The molecule has 1 aromatic carbocycles. The first-order valence-electron chi connectivity index (χ1n) is 5.19. The van der Waals surface area contributed by atoms with Gasteiger partial charge in [0, 0.05) is 29.1 Å². The molecule has 0 atom stereocenters. The van der Waals surface area contributed by atoms with Crippen LogP contribution in [-0.2, 0) is 11.0 Å². The van der Waals surface area contributed by atoms with Crippen molar-refractivity contribution in [3.05, 3.63) is 39.4 Å². The molecule has 0 saturated carbocycles. The molecule has 0 aliphatic carbocycles. The second-order valence-corrected chi connectivity index (χ2v) is 4.51. The molecular weight excluding hydrogens is 302 g/mol. The van der Waals surface area contributed by atoms with Gasteiger partial charge in [0.05, 0.1) is 5.56 Å². The van der Waals surface area contributed by atoms with E-state index in [1.165, 1.54) is 13.0 Å². The molecule has 0 saturated heterocycles. The number of amides is 1. The summed E-state index contributed by atoms with van der Waals surface area (Å²) in [6.07, 6.45) is -1.49. The smallest absolute Gasteiger partial charge is 0.353 e. The van der Waals surface area contributed by atoms with Gasteiger partial charge in [0.2, 0.25) is 5.91 Å². The van der Waals surface area contributed by atoms with Crippen LogP contribution in [0, 0.1) is 0 Å². The first-order chi connectivity index (χ1) is 8.71. The first kappa shape index (κ1) is 15.9. The van der Waals surface area contributed by atoms with E-state index in [2.05, 4.69) is 5.32 Å². The summed E-state index contributed by atoms with van der Waals surface area (Å²) < 4.78 is 37.5. The Kier molecular flexibility index (Phi) is 5.26. The molecule has 1 aromatic rings. The van der Waals surface area contributed by atoms with Gasteiger partial charge in [-0.25, -0.2) is 0 Å². The zero-order valence-corrected chi connectivity index (χ0v) is 11.3. The summed E-state index contributed by atoms with van der Waals surface area (Å²) in [5, 5.41) is 2.30. The molecule has 0 radical (unpaired) electrons. The minimum Gasteiger partial charge on any atom is -0.353 e. The Hall–Kier alpha value is -1.20. The minimum atomic E-state index is -4.49. The lowest BCUT2D eigenvalue weighted by atomic mass is 10.1. The summed E-state index contributed by atoms with van der Waals surface area (Å²) >= 11 is 11.5. The normalized spacial score (nSPS) is 11.9. The van der Waals surface area contributed by atoms with Gasteiger partial charge in [-0.2, -0.15) is 13.2 Å². The Morgan fingerprint density at radius 1 is 1.32 bits per heavy atom. The van der Waals surface area contributed by atoms with E-state index in [0.29, 0.717) is 0 Å². The van der Waals surface area contributed by atoms with E-state index in [4.69, 9.17) is 23.2 Å². The highest BCUT2D eigenvalue weighted by molar-refractivity contribution is 6.37. The molecule has 1 N–H and O–H groups in total. The van der Waals surface area contributed by atoms with Crippen molar-refractivity contribution < 1.29 is 18.0 Å². The van der Waals surface area contributed by atoms with Crippen molar-refractivity contribution in [2.45, 2.75) is 13.1 Å². The van der Waals surface area contributed by atoms with E-state index in [0.717, 1.165) is 12.1 Å². The zero-order chi connectivity index (χ0) is 14.6. The van der Waals surface area contributed by atoms with Crippen molar-refractivity contribution in [3.8, 4) is 0 Å². The quantitative estimate of drug-likeness (QED) is 0.892. The predicted molar refractivity (Wildman–Crippen MR) is 69.2 cm³/mol. The van der Waals surface area contributed by atoms with Gasteiger partial charge in [-0.15, -0.1) is 0 Å². The second-order valence-electron chi connectivity index (χ2n) is 3.69. The largest absolute Gasteiger partial charge is 0.416 e. The van der Waals surface area contributed by atoms with Gasteiger partial charge < -0.3 is 5.32 Å². The van der Waals surface area contributed by atoms with Gasteiger partial charge in [-0.1, -0.05) is 35.4 Å². The average molecular weight is 312 g/mol. The van der Waals surface area contributed by atoms with E-state index >= 15 is 0 Å². The molecule has 7 heteroatoms. The van der Waals surface area contributed by atoms with E-state index in [1.807, 2.05) is 0 Å². The molecule has 0 aliphatic heterocycles. The van der Waals surface area contributed by atoms with Gasteiger partial charge >= 0.3 is 6.18 Å². The van der Waals surface area contributed by atoms with Crippen LogP contribution in [-0.4, -0.2) is 12.5 Å². The Labute approximate surface area is 118 Å². The summed E-state index contributed by atoms with van der Waals surface area (Å²) in [5.41, 5.74) is -0.622. The standard InChI is InChI=1S/C12H10Cl2F3NO/c1-7(19)18-4-2-3-9-10(13)5-8(6-11(9)14)12(15,16)17/h2-3,5-6H,4H2,1H3,(H,18,19). The molecule has 104 valence electrons. The third kappa shape index (κ3) is 4.76. The fraction of sp³-hybridized carbons (Fsp3) is 0.250. The summed E-state index contributed by atoms with van der Waals surface area (Å²) in [6, 6.07) is 1.62. The van der Waals surface area contributed by atoms with Gasteiger partial charge in [0.15, 0.2) is 0 Å². The number of alkyl halides is 3. The predicted octanol–water partition coefficient (Wildman–Crippen LogP) is 4.16. The van der Waals surface area contributed by atoms with Crippen molar-refractivity contribution in [1.82, 2.24) is 5.32 Å². The Bertz CT molecular complexity index is 489. The molecule has 0 aromatic heterocycles. The number of carbonyl (C=O) groups is 1. The van der Waals surface area contributed by atoms with Gasteiger partial charge in [-0.3, -0.25) is 4.79 Å². The number of halogens is 5. The molecular formula is C12H10Cl2F3NO. The van der Waals surface area contributed by atoms with Crippen LogP contribution >= 0.6 is 23.2 Å². The molecule has 19 heavy (non-hydrogen) atoms. The third-order valence-corrected chi connectivity index (χ3v) is 2.79. The summed E-state index contributed by atoms with van der Waals surface area (Å²) in [6.45, 7) is 1.59. The highest BCUT2D eigenvalue weighted by atomic mass is 35.5. The maximum Gasteiger partial charge on any atom is 0.416 e. The molecule has 0 heterocycles. The summed E-state index contributed by atoms with van der Waals surface area (Å²) in [5.74, 6) is -0.214. The van der Waals surface area contributed by atoms with Crippen LogP contribution in [0.15, 0.2) is 18.2 Å². The molecule has 2 nitrogen and oxygen atoms in total. The molecule has 1 amide bonds. The van der Waals surface area contributed by atoms with Crippen LogP contribution < -0.4 is 5.32 Å². The SMILES string of the molecule is CC(=O)NCC=Cc1c(Cl)cc(C(F)(F)F)cc1Cl. The van der Waals surface area contributed by atoms with Crippen LogP contribution in [0.25, 0.3) is 6.08 Å². The van der Waals surface area contributed by atoms with Crippen LogP contribution in [0.5, 0.6) is 0 Å². The maximum atomic E-state index is 12.5. The molecule has 0 bridgehead atoms. The zero-order valence-electron chi connectivity index (χ0n) is 9.81. The van der Waals surface area contributed by atoms with Crippen molar-refractivity contribution in [1.29, 1.82) is 0 Å². The molecule has 1 rings (SSSR count). The van der Waals surface area contributed by atoms with E-state index in [9.17, 15) is 18.0 Å². The molecule has 0 aliphatic rings. The highest BCUT2D eigenvalue weighted by Crippen LogP contribution is 2.36. The molecule has 0 unspecified atom stereocenters. The van der Waals surface area contributed by atoms with Crippen molar-refractivity contribution in [2.24, 2.45) is 0 Å². The first-order valence-corrected chi connectivity index (χ1v) is 5.94. The highest BCUT2D eigenvalue weighted by Gasteiger charge is 2.31. The number of rotatable bonds is 3. The van der Waals surface area contributed by atoms with Gasteiger partial charge in [0.25, 0.3) is 0 Å². The van der Waals surface area contributed by atoms with Crippen molar-refractivity contribution in [2.75, 3.05) is 6.54 Å². The van der Waals surface area contributed by atoms with Crippen LogP contribution in [0.2, 0.25) is 10.0 Å². The average Bonchev–Trinajstić information content (AvgIpc) is 2.25. The minimum absolute atomic E-state index is 0.0982. The molecule has 0 spiro atoms. The Balaban J connectivity index is 2.95. The fourth-order valence-electron chi connectivity index (χ4n) is 1.29. The lowest BCUT2D eigenvalue weighted by molar-refractivity contribution is -0.137.